The maximum absolute atomic E-state index is 11.9. The van der Waals surface area contributed by atoms with Crippen LogP contribution in [0.2, 0.25) is 0 Å². The summed E-state index contributed by atoms with van der Waals surface area (Å²) in [5, 5.41) is 5.67. The molecule has 5 nitrogen and oxygen atoms in total. The molecule has 1 fully saturated rings. The normalized spacial score (nSPS) is 18.0. The van der Waals surface area contributed by atoms with E-state index in [0.717, 1.165) is 19.4 Å². The largest absolute Gasteiger partial charge is 0.489 e. The first-order chi connectivity index (χ1) is 10.6. The molecule has 122 valence electrons. The van der Waals surface area contributed by atoms with Crippen molar-refractivity contribution in [2.45, 2.75) is 39.2 Å². The minimum Gasteiger partial charge on any atom is -0.489 e. The lowest BCUT2D eigenvalue weighted by atomic mass is 10.1. The fourth-order valence-electron chi connectivity index (χ4n) is 2.28. The summed E-state index contributed by atoms with van der Waals surface area (Å²) in [4.78, 5) is 11.9. The maximum atomic E-state index is 11.9. The van der Waals surface area contributed by atoms with Crippen LogP contribution in [0.15, 0.2) is 24.3 Å². The molecule has 2 amide bonds. The summed E-state index contributed by atoms with van der Waals surface area (Å²) in [6, 6.07) is 7.27. The summed E-state index contributed by atoms with van der Waals surface area (Å²) in [7, 11) is 0. The maximum Gasteiger partial charge on any atom is 0.319 e. The molecule has 0 radical (unpaired) electrons. The van der Waals surface area contributed by atoms with Crippen LogP contribution in [0.1, 0.15) is 33.1 Å². The van der Waals surface area contributed by atoms with Crippen LogP contribution in [0.3, 0.4) is 0 Å². The van der Waals surface area contributed by atoms with E-state index in [4.69, 9.17) is 9.47 Å². The minimum atomic E-state index is -0.210. The van der Waals surface area contributed by atoms with Crippen LogP contribution in [0.4, 0.5) is 10.5 Å². The molecular weight excluding hydrogens is 280 g/mol. The Bertz CT molecular complexity index is 471. The quantitative estimate of drug-likeness (QED) is 0.846. The van der Waals surface area contributed by atoms with Gasteiger partial charge in [-0.2, -0.15) is 0 Å². The Labute approximate surface area is 132 Å². The Kier molecular flexibility index (Phi) is 6.52. The number of carbonyl (C=O) groups is 1. The van der Waals surface area contributed by atoms with Crippen molar-refractivity contribution >= 4 is 11.7 Å². The van der Waals surface area contributed by atoms with Gasteiger partial charge in [0.2, 0.25) is 0 Å². The van der Waals surface area contributed by atoms with E-state index in [9.17, 15) is 4.79 Å². The molecule has 1 aromatic rings. The lowest BCUT2D eigenvalue weighted by molar-refractivity contribution is -0.0109. The van der Waals surface area contributed by atoms with Crippen molar-refractivity contribution in [3.63, 3.8) is 0 Å². The summed E-state index contributed by atoms with van der Waals surface area (Å²) in [6.07, 6.45) is 3.50. The standard InChI is InChI=1S/C17H26N2O3/c1-13(2)11-18-17(20)19-15-8-3-4-9-16(15)22-12-14-7-5-6-10-21-14/h3-4,8-9,13-14H,5-7,10-12H2,1-2H3,(H2,18,19,20). The third kappa shape index (κ3) is 5.56. The molecule has 0 aliphatic carbocycles. The van der Waals surface area contributed by atoms with Crippen molar-refractivity contribution in [3.8, 4) is 5.75 Å². The van der Waals surface area contributed by atoms with Crippen LogP contribution >= 0.6 is 0 Å². The van der Waals surface area contributed by atoms with E-state index in [1.807, 2.05) is 24.3 Å². The molecule has 1 unspecified atom stereocenters. The Morgan fingerprint density at radius 1 is 1.36 bits per heavy atom. The predicted octanol–water partition coefficient (Wildman–Crippen LogP) is 3.41. The highest BCUT2D eigenvalue weighted by Crippen LogP contribution is 2.24. The SMILES string of the molecule is CC(C)CNC(=O)Nc1ccccc1OCC1CCCCO1. The van der Waals surface area contributed by atoms with Gasteiger partial charge in [-0.15, -0.1) is 0 Å². The number of urea groups is 1. The third-order valence-corrected chi connectivity index (χ3v) is 3.50. The van der Waals surface area contributed by atoms with Gasteiger partial charge in [0.15, 0.2) is 0 Å². The highest BCUT2D eigenvalue weighted by molar-refractivity contribution is 5.90. The van der Waals surface area contributed by atoms with Crippen molar-refractivity contribution < 1.29 is 14.3 Å². The number of ether oxygens (including phenoxy) is 2. The third-order valence-electron chi connectivity index (χ3n) is 3.50. The van der Waals surface area contributed by atoms with Crippen molar-refractivity contribution in [1.82, 2.24) is 5.32 Å². The lowest BCUT2D eigenvalue weighted by Gasteiger charge is -2.23. The topological polar surface area (TPSA) is 59.6 Å². The van der Waals surface area contributed by atoms with Crippen molar-refractivity contribution in [1.29, 1.82) is 0 Å². The van der Waals surface area contributed by atoms with Gasteiger partial charge >= 0.3 is 6.03 Å². The molecular formula is C17H26N2O3. The van der Waals surface area contributed by atoms with Crippen LogP contribution in [-0.4, -0.2) is 31.9 Å². The number of benzene rings is 1. The first-order valence-electron chi connectivity index (χ1n) is 8.03. The Morgan fingerprint density at radius 2 is 2.18 bits per heavy atom. The van der Waals surface area contributed by atoms with E-state index in [2.05, 4.69) is 24.5 Å². The number of hydrogen-bond acceptors (Lipinski definition) is 3. The average molecular weight is 306 g/mol. The Balaban J connectivity index is 1.87. The van der Waals surface area contributed by atoms with Crippen LogP contribution in [0, 0.1) is 5.92 Å². The van der Waals surface area contributed by atoms with E-state index in [0.29, 0.717) is 30.5 Å². The smallest absolute Gasteiger partial charge is 0.319 e. The van der Waals surface area contributed by atoms with Crippen LogP contribution in [0.25, 0.3) is 0 Å². The number of anilines is 1. The highest BCUT2D eigenvalue weighted by Gasteiger charge is 2.15. The fourth-order valence-corrected chi connectivity index (χ4v) is 2.28. The van der Waals surface area contributed by atoms with E-state index in [-0.39, 0.29) is 12.1 Å². The van der Waals surface area contributed by atoms with Gasteiger partial charge in [0.25, 0.3) is 0 Å². The molecule has 0 spiro atoms. The Hall–Kier alpha value is -1.75. The number of nitrogens with one attached hydrogen (secondary N) is 2. The molecule has 0 saturated carbocycles. The van der Waals surface area contributed by atoms with E-state index in [1.54, 1.807) is 0 Å². The minimum absolute atomic E-state index is 0.150. The van der Waals surface area contributed by atoms with Gasteiger partial charge in [0, 0.05) is 13.2 Å². The summed E-state index contributed by atoms with van der Waals surface area (Å²) >= 11 is 0. The number of para-hydroxylation sites is 2. The molecule has 2 N–H and O–H groups in total. The van der Waals surface area contributed by atoms with Crippen LogP contribution in [-0.2, 0) is 4.74 Å². The highest BCUT2D eigenvalue weighted by atomic mass is 16.5. The molecule has 1 heterocycles. The van der Waals surface area contributed by atoms with Gasteiger partial charge in [-0.05, 0) is 37.3 Å². The van der Waals surface area contributed by atoms with E-state index in [1.165, 1.54) is 6.42 Å². The molecule has 0 bridgehead atoms. The molecule has 0 aromatic heterocycles. The van der Waals surface area contributed by atoms with Crippen molar-refractivity contribution in [2.24, 2.45) is 5.92 Å². The van der Waals surface area contributed by atoms with Gasteiger partial charge in [-0.1, -0.05) is 26.0 Å². The average Bonchev–Trinajstić information content (AvgIpc) is 2.53. The Morgan fingerprint density at radius 3 is 2.91 bits per heavy atom. The second-order valence-corrected chi connectivity index (χ2v) is 6.02. The predicted molar refractivity (Wildman–Crippen MR) is 87.4 cm³/mol. The molecule has 1 aliphatic rings. The molecule has 1 aliphatic heterocycles. The number of carbonyl (C=O) groups excluding carboxylic acids is 1. The number of hydrogen-bond donors (Lipinski definition) is 2. The van der Waals surface area contributed by atoms with E-state index < -0.39 is 0 Å². The first-order valence-corrected chi connectivity index (χ1v) is 8.03. The number of amides is 2. The summed E-state index contributed by atoms with van der Waals surface area (Å²) in [5.41, 5.74) is 0.680. The molecule has 1 saturated heterocycles. The van der Waals surface area contributed by atoms with Crippen molar-refractivity contribution in [2.75, 3.05) is 25.1 Å². The first kappa shape index (κ1) is 16.6. The summed E-state index contributed by atoms with van der Waals surface area (Å²) < 4.78 is 11.5. The molecule has 5 heteroatoms. The second-order valence-electron chi connectivity index (χ2n) is 6.02. The van der Waals surface area contributed by atoms with Gasteiger partial charge in [-0.25, -0.2) is 4.79 Å². The molecule has 1 aromatic carbocycles. The van der Waals surface area contributed by atoms with E-state index >= 15 is 0 Å². The molecule has 22 heavy (non-hydrogen) atoms. The van der Waals surface area contributed by atoms with Gasteiger partial charge in [0.1, 0.15) is 12.4 Å². The summed E-state index contributed by atoms with van der Waals surface area (Å²) in [5.74, 6) is 1.09. The second kappa shape index (κ2) is 8.63. The zero-order chi connectivity index (χ0) is 15.8. The van der Waals surface area contributed by atoms with Gasteiger partial charge < -0.3 is 20.1 Å². The van der Waals surface area contributed by atoms with Gasteiger partial charge in [0.05, 0.1) is 11.8 Å². The molecule has 1 atom stereocenters. The number of rotatable bonds is 6. The van der Waals surface area contributed by atoms with Crippen LogP contribution in [0.5, 0.6) is 5.75 Å². The summed E-state index contributed by atoms with van der Waals surface area (Å²) in [6.45, 7) is 6.09. The van der Waals surface area contributed by atoms with Crippen molar-refractivity contribution in [3.05, 3.63) is 24.3 Å². The fraction of sp³-hybridized carbons (Fsp3) is 0.588. The molecule has 2 rings (SSSR count). The van der Waals surface area contributed by atoms with Gasteiger partial charge in [-0.3, -0.25) is 0 Å². The zero-order valence-electron chi connectivity index (χ0n) is 13.4. The monoisotopic (exact) mass is 306 g/mol. The van der Waals surface area contributed by atoms with Crippen LogP contribution < -0.4 is 15.4 Å². The zero-order valence-corrected chi connectivity index (χ0v) is 13.4. The lowest BCUT2D eigenvalue weighted by Crippen LogP contribution is -2.32.